The molecule has 0 aliphatic carbocycles. The highest BCUT2D eigenvalue weighted by molar-refractivity contribution is 6.30. The summed E-state index contributed by atoms with van der Waals surface area (Å²) in [6.07, 6.45) is 3.32. The second-order valence-corrected chi connectivity index (χ2v) is 5.34. The SMILES string of the molecule is O=C(Cc1cccc(Cl)c1)Nc1cncc2cc(F)ccc12. The first-order valence-corrected chi connectivity index (χ1v) is 7.07. The summed E-state index contributed by atoms with van der Waals surface area (Å²) in [6.45, 7) is 0. The number of pyridine rings is 1. The van der Waals surface area contributed by atoms with Gasteiger partial charge in [-0.05, 0) is 35.9 Å². The minimum Gasteiger partial charge on any atom is -0.324 e. The lowest BCUT2D eigenvalue weighted by Gasteiger charge is -2.08. The molecule has 1 amide bonds. The van der Waals surface area contributed by atoms with Crippen LogP contribution in [0.25, 0.3) is 10.8 Å². The van der Waals surface area contributed by atoms with E-state index in [9.17, 15) is 9.18 Å². The number of nitrogens with zero attached hydrogens (tertiary/aromatic N) is 1. The van der Waals surface area contributed by atoms with Gasteiger partial charge in [-0.1, -0.05) is 23.7 Å². The van der Waals surface area contributed by atoms with Gasteiger partial charge in [-0.25, -0.2) is 4.39 Å². The van der Waals surface area contributed by atoms with Crippen LogP contribution >= 0.6 is 11.6 Å². The second-order valence-electron chi connectivity index (χ2n) is 4.91. The van der Waals surface area contributed by atoms with E-state index in [0.717, 1.165) is 10.9 Å². The normalized spacial score (nSPS) is 10.6. The summed E-state index contributed by atoms with van der Waals surface area (Å²) in [5.74, 6) is -0.516. The molecule has 3 nitrogen and oxygen atoms in total. The van der Waals surface area contributed by atoms with Crippen LogP contribution in [-0.4, -0.2) is 10.9 Å². The molecule has 0 radical (unpaired) electrons. The molecule has 3 rings (SSSR count). The topological polar surface area (TPSA) is 42.0 Å². The number of nitrogens with one attached hydrogen (secondary N) is 1. The first-order chi connectivity index (χ1) is 10.6. The Kier molecular flexibility index (Phi) is 4.02. The van der Waals surface area contributed by atoms with Crippen LogP contribution in [0.1, 0.15) is 5.56 Å². The summed E-state index contributed by atoms with van der Waals surface area (Å²) in [5, 5.41) is 4.78. The van der Waals surface area contributed by atoms with E-state index < -0.39 is 0 Å². The molecular formula is C17H12ClFN2O. The monoisotopic (exact) mass is 314 g/mol. The molecular weight excluding hydrogens is 303 g/mol. The van der Waals surface area contributed by atoms with E-state index in [4.69, 9.17) is 11.6 Å². The predicted molar refractivity (Wildman–Crippen MR) is 85.5 cm³/mol. The second kappa shape index (κ2) is 6.12. The molecule has 0 atom stereocenters. The van der Waals surface area contributed by atoms with Crippen LogP contribution in [0.3, 0.4) is 0 Å². The Labute approximate surface area is 131 Å². The first kappa shape index (κ1) is 14.5. The molecule has 1 aromatic heterocycles. The lowest BCUT2D eigenvalue weighted by atomic mass is 10.1. The van der Waals surface area contributed by atoms with E-state index in [1.54, 1.807) is 36.7 Å². The summed E-state index contributed by atoms with van der Waals surface area (Å²) in [5.41, 5.74) is 1.38. The number of amides is 1. The Hall–Kier alpha value is -2.46. The van der Waals surface area contributed by atoms with Gasteiger partial charge in [0.2, 0.25) is 5.91 Å². The molecule has 0 aliphatic heterocycles. The number of anilines is 1. The van der Waals surface area contributed by atoms with Crippen molar-refractivity contribution in [2.24, 2.45) is 0 Å². The smallest absolute Gasteiger partial charge is 0.228 e. The lowest BCUT2D eigenvalue weighted by molar-refractivity contribution is -0.115. The predicted octanol–water partition coefficient (Wildman–Crippen LogP) is 4.21. The highest BCUT2D eigenvalue weighted by atomic mass is 35.5. The standard InChI is InChI=1S/C17H12ClFN2O/c18-13-3-1-2-11(6-13)7-17(22)21-16-10-20-9-12-8-14(19)4-5-15(12)16/h1-6,8-10H,7H2,(H,21,22). The van der Waals surface area contributed by atoms with Gasteiger partial charge in [0.15, 0.2) is 0 Å². The van der Waals surface area contributed by atoms with E-state index in [0.29, 0.717) is 16.1 Å². The zero-order chi connectivity index (χ0) is 15.5. The van der Waals surface area contributed by atoms with Crippen LogP contribution in [0, 0.1) is 5.82 Å². The highest BCUT2D eigenvalue weighted by Gasteiger charge is 2.08. The summed E-state index contributed by atoms with van der Waals surface area (Å²) in [6, 6.07) is 11.5. The molecule has 0 bridgehead atoms. The molecule has 110 valence electrons. The number of halogens is 2. The number of hydrogen-bond acceptors (Lipinski definition) is 2. The number of aromatic nitrogens is 1. The summed E-state index contributed by atoms with van der Waals surface area (Å²) < 4.78 is 13.2. The molecule has 0 aliphatic rings. The van der Waals surface area contributed by atoms with Gasteiger partial charge in [0.1, 0.15) is 5.82 Å². The Morgan fingerprint density at radius 2 is 2.05 bits per heavy atom. The number of hydrogen-bond donors (Lipinski definition) is 1. The quantitative estimate of drug-likeness (QED) is 0.787. The van der Waals surface area contributed by atoms with Crippen LogP contribution in [0.15, 0.2) is 54.9 Å². The molecule has 5 heteroatoms. The van der Waals surface area contributed by atoms with Crippen LogP contribution in [0.5, 0.6) is 0 Å². The van der Waals surface area contributed by atoms with Crippen LogP contribution in [-0.2, 0) is 11.2 Å². The zero-order valence-electron chi connectivity index (χ0n) is 11.5. The third-order valence-electron chi connectivity index (χ3n) is 3.25. The van der Waals surface area contributed by atoms with Gasteiger partial charge in [-0.3, -0.25) is 9.78 Å². The molecule has 22 heavy (non-hydrogen) atoms. The first-order valence-electron chi connectivity index (χ1n) is 6.69. The molecule has 3 aromatic rings. The third kappa shape index (κ3) is 3.23. The molecule has 0 fully saturated rings. The van der Waals surface area contributed by atoms with E-state index in [1.165, 1.54) is 12.1 Å². The Bertz CT molecular complexity index is 851. The molecule has 2 aromatic carbocycles. The van der Waals surface area contributed by atoms with Crippen molar-refractivity contribution in [2.75, 3.05) is 5.32 Å². The van der Waals surface area contributed by atoms with Gasteiger partial charge in [0.05, 0.1) is 18.3 Å². The van der Waals surface area contributed by atoms with Gasteiger partial charge < -0.3 is 5.32 Å². The third-order valence-corrected chi connectivity index (χ3v) is 3.48. The number of rotatable bonds is 3. The maximum atomic E-state index is 13.2. The van der Waals surface area contributed by atoms with E-state index in [2.05, 4.69) is 10.3 Å². The van der Waals surface area contributed by atoms with Crippen molar-refractivity contribution in [1.29, 1.82) is 0 Å². The van der Waals surface area contributed by atoms with E-state index in [-0.39, 0.29) is 18.1 Å². The maximum absolute atomic E-state index is 13.2. The fourth-order valence-electron chi connectivity index (χ4n) is 2.27. The molecule has 1 heterocycles. The minimum atomic E-state index is -0.336. The van der Waals surface area contributed by atoms with Gasteiger partial charge in [0.25, 0.3) is 0 Å². The largest absolute Gasteiger partial charge is 0.324 e. The van der Waals surface area contributed by atoms with E-state index >= 15 is 0 Å². The lowest BCUT2D eigenvalue weighted by Crippen LogP contribution is -2.14. The molecule has 0 saturated heterocycles. The fourth-order valence-corrected chi connectivity index (χ4v) is 2.49. The number of carbonyl (C=O) groups is 1. The van der Waals surface area contributed by atoms with Gasteiger partial charge in [-0.2, -0.15) is 0 Å². The fraction of sp³-hybridized carbons (Fsp3) is 0.0588. The summed E-state index contributed by atoms with van der Waals surface area (Å²) >= 11 is 5.90. The van der Waals surface area contributed by atoms with Gasteiger partial charge in [-0.15, -0.1) is 0 Å². The van der Waals surface area contributed by atoms with Crippen molar-refractivity contribution in [3.8, 4) is 0 Å². The van der Waals surface area contributed by atoms with Crippen molar-refractivity contribution in [2.45, 2.75) is 6.42 Å². The van der Waals surface area contributed by atoms with Crippen molar-refractivity contribution < 1.29 is 9.18 Å². The minimum absolute atomic E-state index is 0.180. The number of carbonyl (C=O) groups excluding carboxylic acids is 1. The zero-order valence-corrected chi connectivity index (χ0v) is 12.3. The van der Waals surface area contributed by atoms with Crippen LogP contribution < -0.4 is 5.32 Å². The summed E-state index contributed by atoms with van der Waals surface area (Å²) in [7, 11) is 0. The van der Waals surface area contributed by atoms with Crippen molar-refractivity contribution >= 4 is 34.0 Å². The number of fused-ring (bicyclic) bond motifs is 1. The van der Waals surface area contributed by atoms with Crippen molar-refractivity contribution in [3.05, 3.63) is 71.3 Å². The Morgan fingerprint density at radius 3 is 2.86 bits per heavy atom. The molecule has 1 N–H and O–H groups in total. The average Bonchev–Trinajstić information content (AvgIpc) is 2.47. The van der Waals surface area contributed by atoms with Crippen LogP contribution in [0.4, 0.5) is 10.1 Å². The molecule has 0 unspecified atom stereocenters. The van der Waals surface area contributed by atoms with E-state index in [1.807, 2.05) is 6.07 Å². The van der Waals surface area contributed by atoms with Gasteiger partial charge in [0, 0.05) is 22.0 Å². The number of benzene rings is 2. The highest BCUT2D eigenvalue weighted by Crippen LogP contribution is 2.23. The molecule has 0 saturated carbocycles. The van der Waals surface area contributed by atoms with Crippen LogP contribution in [0.2, 0.25) is 5.02 Å². The average molecular weight is 315 g/mol. The molecule has 0 spiro atoms. The Balaban J connectivity index is 1.82. The maximum Gasteiger partial charge on any atom is 0.228 e. The Morgan fingerprint density at radius 1 is 1.18 bits per heavy atom. The van der Waals surface area contributed by atoms with Crippen molar-refractivity contribution in [1.82, 2.24) is 4.98 Å². The summed E-state index contributed by atoms with van der Waals surface area (Å²) in [4.78, 5) is 16.2. The van der Waals surface area contributed by atoms with Crippen molar-refractivity contribution in [3.63, 3.8) is 0 Å². The van der Waals surface area contributed by atoms with Gasteiger partial charge >= 0.3 is 0 Å².